The molecule has 1 saturated heterocycles. The normalized spacial score (nSPS) is 18.5. The molecule has 1 aliphatic rings. The predicted molar refractivity (Wildman–Crippen MR) is 104 cm³/mol. The summed E-state index contributed by atoms with van der Waals surface area (Å²) < 4.78 is 5.52. The van der Waals surface area contributed by atoms with Crippen molar-refractivity contribution in [1.29, 1.82) is 0 Å². The van der Waals surface area contributed by atoms with Crippen LogP contribution < -0.4 is 5.32 Å². The summed E-state index contributed by atoms with van der Waals surface area (Å²) in [5.74, 6) is 0. The third-order valence-corrected chi connectivity index (χ3v) is 4.28. The van der Waals surface area contributed by atoms with Gasteiger partial charge in [0.15, 0.2) is 0 Å². The van der Waals surface area contributed by atoms with E-state index in [1.807, 2.05) is 31.7 Å². The van der Waals surface area contributed by atoms with Gasteiger partial charge in [0.25, 0.3) is 0 Å². The van der Waals surface area contributed by atoms with Gasteiger partial charge in [-0.3, -0.25) is 0 Å². The van der Waals surface area contributed by atoms with Crippen molar-refractivity contribution in [2.45, 2.75) is 58.6 Å². The highest BCUT2D eigenvalue weighted by molar-refractivity contribution is 5.68. The molecule has 4 nitrogen and oxygen atoms in total. The molecule has 1 amide bonds. The molecule has 2 rings (SSSR count). The van der Waals surface area contributed by atoms with Crippen LogP contribution in [0.3, 0.4) is 0 Å². The van der Waals surface area contributed by atoms with Gasteiger partial charge in [-0.2, -0.15) is 0 Å². The average Bonchev–Trinajstić information content (AvgIpc) is 2.99. The fraction of sp³-hybridized carbons (Fsp3) is 0.571. The van der Waals surface area contributed by atoms with Crippen LogP contribution >= 0.6 is 0 Å². The first-order valence-corrected chi connectivity index (χ1v) is 9.28. The molecule has 0 radical (unpaired) electrons. The molecule has 0 spiro atoms. The Morgan fingerprint density at radius 2 is 2.04 bits per heavy atom. The summed E-state index contributed by atoms with van der Waals surface area (Å²) in [6, 6.07) is 10.7. The van der Waals surface area contributed by atoms with Crippen LogP contribution in [0.1, 0.15) is 52.5 Å². The van der Waals surface area contributed by atoms with Crippen molar-refractivity contribution in [3.05, 3.63) is 41.5 Å². The Balaban J connectivity index is 1.73. The number of ether oxygens (including phenoxy) is 1. The monoisotopic (exact) mass is 344 g/mol. The largest absolute Gasteiger partial charge is 0.444 e. The molecule has 0 aliphatic carbocycles. The molecule has 0 aromatic heterocycles. The second kappa shape index (κ2) is 9.04. The second-order valence-corrected chi connectivity index (χ2v) is 7.84. The van der Waals surface area contributed by atoms with E-state index in [2.05, 4.69) is 42.6 Å². The lowest BCUT2D eigenvalue weighted by Crippen LogP contribution is -2.40. The zero-order valence-electron chi connectivity index (χ0n) is 16.0. The number of nitrogens with zero attached hydrogens (tertiary/aromatic N) is 1. The quantitative estimate of drug-likeness (QED) is 0.774. The molecule has 1 fully saturated rings. The maximum absolute atomic E-state index is 12.3. The first kappa shape index (κ1) is 19.5. The minimum atomic E-state index is -0.429. The number of hydrogen-bond donors (Lipinski definition) is 1. The maximum Gasteiger partial charge on any atom is 0.410 e. The van der Waals surface area contributed by atoms with E-state index in [4.69, 9.17) is 4.74 Å². The first-order valence-electron chi connectivity index (χ1n) is 9.28. The van der Waals surface area contributed by atoms with E-state index >= 15 is 0 Å². The molecule has 1 unspecified atom stereocenters. The highest BCUT2D eigenvalue weighted by atomic mass is 16.6. The van der Waals surface area contributed by atoms with E-state index in [0.29, 0.717) is 6.04 Å². The summed E-state index contributed by atoms with van der Waals surface area (Å²) in [6.45, 7) is 10.5. The molecule has 1 aliphatic heterocycles. The van der Waals surface area contributed by atoms with Gasteiger partial charge in [-0.25, -0.2) is 4.79 Å². The number of rotatable bonds is 6. The van der Waals surface area contributed by atoms with E-state index in [-0.39, 0.29) is 6.09 Å². The molecule has 1 heterocycles. The Bertz CT molecular complexity index is 575. The SMILES string of the molecule is C/C(=C\c1ccccc1)CNCCC1CCCN1C(=O)OC(C)(C)C. The smallest absolute Gasteiger partial charge is 0.410 e. The highest BCUT2D eigenvalue weighted by Gasteiger charge is 2.31. The Kier molecular flexibility index (Phi) is 7.06. The van der Waals surface area contributed by atoms with E-state index < -0.39 is 5.60 Å². The van der Waals surface area contributed by atoms with Crippen molar-refractivity contribution in [2.24, 2.45) is 0 Å². The molecule has 1 aromatic rings. The fourth-order valence-electron chi connectivity index (χ4n) is 3.14. The molecule has 1 aromatic carbocycles. The molecular formula is C21H32N2O2. The molecule has 0 saturated carbocycles. The Hall–Kier alpha value is -1.81. The lowest BCUT2D eigenvalue weighted by atomic mass is 10.1. The van der Waals surface area contributed by atoms with Gasteiger partial charge in [0, 0.05) is 19.1 Å². The molecule has 1 N–H and O–H groups in total. The standard InChI is InChI=1S/C21H32N2O2/c1-17(15-18-9-6-5-7-10-18)16-22-13-12-19-11-8-14-23(19)20(24)25-21(2,3)4/h5-7,9-10,15,19,22H,8,11-14,16H2,1-4H3/b17-15+. The summed E-state index contributed by atoms with van der Waals surface area (Å²) in [4.78, 5) is 14.2. The van der Waals surface area contributed by atoms with Gasteiger partial charge in [-0.15, -0.1) is 0 Å². The summed E-state index contributed by atoms with van der Waals surface area (Å²) >= 11 is 0. The lowest BCUT2D eigenvalue weighted by Gasteiger charge is -2.28. The molecule has 4 heteroatoms. The molecule has 1 atom stereocenters. The van der Waals surface area contributed by atoms with Crippen LogP contribution in [0, 0.1) is 0 Å². The van der Waals surface area contributed by atoms with Crippen LogP contribution in [0.5, 0.6) is 0 Å². The Labute approximate surface area is 152 Å². The zero-order chi connectivity index (χ0) is 18.3. The highest BCUT2D eigenvalue weighted by Crippen LogP contribution is 2.22. The minimum absolute atomic E-state index is 0.171. The van der Waals surface area contributed by atoms with Crippen LogP contribution in [0.15, 0.2) is 35.9 Å². The number of likely N-dealkylation sites (tertiary alicyclic amines) is 1. The summed E-state index contributed by atoms with van der Waals surface area (Å²) in [7, 11) is 0. The number of carbonyl (C=O) groups excluding carboxylic acids is 1. The molecular weight excluding hydrogens is 312 g/mol. The van der Waals surface area contributed by atoms with Crippen molar-refractivity contribution in [3.63, 3.8) is 0 Å². The van der Waals surface area contributed by atoms with Crippen molar-refractivity contribution >= 4 is 12.2 Å². The lowest BCUT2D eigenvalue weighted by molar-refractivity contribution is 0.0221. The van der Waals surface area contributed by atoms with E-state index in [1.165, 1.54) is 11.1 Å². The van der Waals surface area contributed by atoms with Gasteiger partial charge in [0.2, 0.25) is 0 Å². The maximum atomic E-state index is 12.3. The Morgan fingerprint density at radius 1 is 1.32 bits per heavy atom. The number of benzene rings is 1. The summed E-state index contributed by atoms with van der Waals surface area (Å²) in [6.07, 6.45) is 5.14. The Morgan fingerprint density at radius 3 is 2.72 bits per heavy atom. The van der Waals surface area contributed by atoms with Crippen molar-refractivity contribution in [3.8, 4) is 0 Å². The second-order valence-electron chi connectivity index (χ2n) is 7.84. The van der Waals surface area contributed by atoms with Crippen LogP contribution in [-0.2, 0) is 4.74 Å². The predicted octanol–water partition coefficient (Wildman–Crippen LogP) is 4.47. The van der Waals surface area contributed by atoms with Crippen LogP contribution in [-0.4, -0.2) is 42.3 Å². The van der Waals surface area contributed by atoms with Gasteiger partial charge in [0.1, 0.15) is 5.60 Å². The van der Waals surface area contributed by atoms with Gasteiger partial charge in [0.05, 0.1) is 0 Å². The van der Waals surface area contributed by atoms with Crippen molar-refractivity contribution < 1.29 is 9.53 Å². The van der Waals surface area contributed by atoms with Crippen molar-refractivity contribution in [2.75, 3.05) is 19.6 Å². The van der Waals surface area contributed by atoms with Crippen LogP contribution in [0.2, 0.25) is 0 Å². The van der Waals surface area contributed by atoms with Crippen LogP contribution in [0.4, 0.5) is 4.79 Å². The number of amides is 1. The third-order valence-electron chi connectivity index (χ3n) is 4.28. The van der Waals surface area contributed by atoms with Crippen molar-refractivity contribution in [1.82, 2.24) is 10.2 Å². The first-order chi connectivity index (χ1) is 11.8. The molecule has 25 heavy (non-hydrogen) atoms. The summed E-state index contributed by atoms with van der Waals surface area (Å²) in [5, 5.41) is 3.49. The minimum Gasteiger partial charge on any atom is -0.444 e. The third kappa shape index (κ3) is 6.91. The topological polar surface area (TPSA) is 41.6 Å². The van der Waals surface area contributed by atoms with Gasteiger partial charge in [-0.05, 0) is 59.1 Å². The molecule has 0 bridgehead atoms. The van der Waals surface area contributed by atoms with Gasteiger partial charge in [-0.1, -0.05) is 42.0 Å². The number of nitrogens with one attached hydrogen (secondary N) is 1. The van der Waals surface area contributed by atoms with Gasteiger partial charge < -0.3 is 15.0 Å². The zero-order valence-corrected chi connectivity index (χ0v) is 16.0. The van der Waals surface area contributed by atoms with Crippen LogP contribution in [0.25, 0.3) is 6.08 Å². The van der Waals surface area contributed by atoms with E-state index in [0.717, 1.165) is 38.9 Å². The van der Waals surface area contributed by atoms with E-state index in [9.17, 15) is 4.79 Å². The van der Waals surface area contributed by atoms with E-state index in [1.54, 1.807) is 0 Å². The molecule has 138 valence electrons. The number of carbonyl (C=O) groups is 1. The fourth-order valence-corrected chi connectivity index (χ4v) is 3.14. The average molecular weight is 344 g/mol. The summed E-state index contributed by atoms with van der Waals surface area (Å²) in [5.41, 5.74) is 2.11. The van der Waals surface area contributed by atoms with Gasteiger partial charge >= 0.3 is 6.09 Å². The number of hydrogen-bond acceptors (Lipinski definition) is 3.